The molecule has 2 rings (SSSR count). The number of Topliss-reactive ketones (excluding diaryl/α,β-unsaturated/α-hetero) is 1. The van der Waals surface area contributed by atoms with Gasteiger partial charge in [0.1, 0.15) is 5.69 Å². The van der Waals surface area contributed by atoms with Crippen molar-refractivity contribution >= 4 is 33.6 Å². The van der Waals surface area contributed by atoms with Crippen LogP contribution in [0.4, 0.5) is 0 Å². The van der Waals surface area contributed by atoms with Gasteiger partial charge in [0.2, 0.25) is 0 Å². The third kappa shape index (κ3) is 5.17. The van der Waals surface area contributed by atoms with Gasteiger partial charge in [-0.2, -0.15) is 0 Å². The van der Waals surface area contributed by atoms with Gasteiger partial charge in [-0.15, -0.1) is 0 Å². The summed E-state index contributed by atoms with van der Waals surface area (Å²) >= 11 is 3.36. The van der Waals surface area contributed by atoms with E-state index >= 15 is 0 Å². The first kappa shape index (κ1) is 23.8. The Labute approximate surface area is 184 Å². The van der Waals surface area contributed by atoms with Crippen LogP contribution in [0.2, 0.25) is 0 Å². The molecule has 1 aromatic carbocycles. The second kappa shape index (κ2) is 10.5. The second-order valence-electron chi connectivity index (χ2n) is 6.88. The molecule has 0 aliphatic rings. The number of H-pyrrole nitrogens is 1. The molecule has 0 radical (unpaired) electrons. The number of ether oxygens (including phenoxy) is 2. The van der Waals surface area contributed by atoms with E-state index in [9.17, 15) is 14.4 Å². The lowest BCUT2D eigenvalue weighted by atomic mass is 9.99. The number of benzene rings is 1. The van der Waals surface area contributed by atoms with Gasteiger partial charge in [-0.05, 0) is 57.5 Å². The zero-order valence-corrected chi connectivity index (χ0v) is 19.5. The van der Waals surface area contributed by atoms with Crippen molar-refractivity contribution in [2.45, 2.75) is 33.7 Å². The number of rotatable bonds is 9. The molecule has 0 bridgehead atoms. The van der Waals surface area contributed by atoms with E-state index in [4.69, 9.17) is 9.47 Å². The maximum absolute atomic E-state index is 13.4. The van der Waals surface area contributed by atoms with Gasteiger partial charge >= 0.3 is 5.97 Å². The van der Waals surface area contributed by atoms with Gasteiger partial charge in [-0.3, -0.25) is 9.59 Å². The lowest BCUT2D eigenvalue weighted by Crippen LogP contribution is -2.45. The van der Waals surface area contributed by atoms with Crippen LogP contribution in [0.1, 0.15) is 56.3 Å². The molecular weight excluding hydrogens is 452 g/mol. The van der Waals surface area contributed by atoms with Gasteiger partial charge in [-0.25, -0.2) is 4.79 Å². The lowest BCUT2D eigenvalue weighted by molar-refractivity contribution is 0.0518. The van der Waals surface area contributed by atoms with E-state index < -0.39 is 12.0 Å². The Morgan fingerprint density at radius 2 is 1.80 bits per heavy atom. The quantitative estimate of drug-likeness (QED) is 0.435. The van der Waals surface area contributed by atoms with Gasteiger partial charge in [0.25, 0.3) is 5.91 Å². The third-order valence-electron chi connectivity index (χ3n) is 4.90. The number of halogens is 1. The molecule has 0 aliphatic carbocycles. The summed E-state index contributed by atoms with van der Waals surface area (Å²) in [5.74, 6) is -1.03. The Morgan fingerprint density at radius 1 is 1.17 bits per heavy atom. The minimum Gasteiger partial charge on any atom is -0.461 e. The van der Waals surface area contributed by atoms with Gasteiger partial charge in [0, 0.05) is 34.9 Å². The number of carbonyl (C=O) groups is 3. The maximum atomic E-state index is 13.4. The van der Waals surface area contributed by atoms with E-state index in [2.05, 4.69) is 20.9 Å². The predicted octanol–water partition coefficient (Wildman–Crippen LogP) is 3.93. The number of methoxy groups -OCH3 is 1. The molecule has 0 saturated heterocycles. The van der Waals surface area contributed by atoms with Gasteiger partial charge in [0.15, 0.2) is 5.78 Å². The van der Waals surface area contributed by atoms with Crippen molar-refractivity contribution in [2.24, 2.45) is 0 Å². The topological polar surface area (TPSA) is 88.7 Å². The van der Waals surface area contributed by atoms with Crippen LogP contribution in [0.25, 0.3) is 0 Å². The fourth-order valence-electron chi connectivity index (χ4n) is 3.30. The normalized spacial score (nSPS) is 11.8. The summed E-state index contributed by atoms with van der Waals surface area (Å²) in [4.78, 5) is 43.1. The number of hydrogen-bond donors (Lipinski definition) is 1. The molecule has 2 aromatic rings. The van der Waals surface area contributed by atoms with E-state index in [0.717, 1.165) is 4.47 Å². The molecule has 1 aromatic heterocycles. The molecule has 7 nitrogen and oxygen atoms in total. The Bertz CT molecular complexity index is 920. The summed E-state index contributed by atoms with van der Waals surface area (Å²) in [6, 6.07) is 6.21. The van der Waals surface area contributed by atoms with Crippen LogP contribution in [0.5, 0.6) is 0 Å². The first-order valence-electron chi connectivity index (χ1n) is 9.68. The minimum absolute atomic E-state index is 0.239. The standard InChI is InChI=1S/C22H27BrN2O5/c1-6-30-22(28)19-13(2)18(14(3)24-19)20(26)15(4)25(11-12-29-5)21(27)16-7-9-17(23)10-8-16/h7-10,15,24H,6,11-12H2,1-5H3. The van der Waals surface area contributed by atoms with Crippen molar-refractivity contribution < 1.29 is 23.9 Å². The Morgan fingerprint density at radius 3 is 2.37 bits per heavy atom. The maximum Gasteiger partial charge on any atom is 0.355 e. The van der Waals surface area contributed by atoms with E-state index in [1.165, 1.54) is 4.90 Å². The number of hydrogen-bond acceptors (Lipinski definition) is 5. The largest absolute Gasteiger partial charge is 0.461 e. The Kier molecular flexibility index (Phi) is 8.37. The van der Waals surface area contributed by atoms with Gasteiger partial charge in [0.05, 0.1) is 19.3 Å². The molecule has 1 atom stereocenters. The summed E-state index contributed by atoms with van der Waals surface area (Å²) in [7, 11) is 1.54. The van der Waals surface area contributed by atoms with Crippen molar-refractivity contribution in [2.75, 3.05) is 26.9 Å². The zero-order valence-electron chi connectivity index (χ0n) is 17.9. The molecule has 1 unspecified atom stereocenters. The number of nitrogens with zero attached hydrogens (tertiary/aromatic N) is 1. The molecule has 1 amide bonds. The van der Waals surface area contributed by atoms with Crippen LogP contribution >= 0.6 is 15.9 Å². The van der Waals surface area contributed by atoms with Gasteiger partial charge in [-0.1, -0.05) is 15.9 Å². The van der Waals surface area contributed by atoms with Crippen molar-refractivity contribution in [3.63, 3.8) is 0 Å². The van der Waals surface area contributed by atoms with Crippen LogP contribution in [0, 0.1) is 13.8 Å². The van der Waals surface area contributed by atoms with Crippen LogP contribution in [0.3, 0.4) is 0 Å². The number of carbonyl (C=O) groups excluding carboxylic acids is 3. The SMILES string of the molecule is CCOC(=O)c1[nH]c(C)c(C(=O)C(C)N(CCOC)C(=O)c2ccc(Br)cc2)c1C. The number of amides is 1. The molecule has 0 aliphatic heterocycles. The summed E-state index contributed by atoms with van der Waals surface area (Å²) < 4.78 is 11.1. The predicted molar refractivity (Wildman–Crippen MR) is 117 cm³/mol. The molecule has 8 heteroatoms. The highest BCUT2D eigenvalue weighted by molar-refractivity contribution is 9.10. The number of aromatic nitrogens is 1. The molecule has 0 saturated carbocycles. The molecule has 0 spiro atoms. The summed E-state index contributed by atoms with van der Waals surface area (Å²) in [5, 5.41) is 0. The average Bonchev–Trinajstić information content (AvgIpc) is 3.02. The molecular formula is C22H27BrN2O5. The van der Waals surface area contributed by atoms with Crippen molar-refractivity contribution in [1.29, 1.82) is 0 Å². The Hall–Kier alpha value is -2.45. The van der Waals surface area contributed by atoms with Crippen molar-refractivity contribution in [1.82, 2.24) is 9.88 Å². The smallest absolute Gasteiger partial charge is 0.355 e. The highest BCUT2D eigenvalue weighted by Crippen LogP contribution is 2.23. The molecule has 162 valence electrons. The van der Waals surface area contributed by atoms with Crippen LogP contribution in [-0.4, -0.2) is 60.5 Å². The Balaban J connectivity index is 2.37. The second-order valence-corrected chi connectivity index (χ2v) is 7.80. The highest BCUT2D eigenvalue weighted by Gasteiger charge is 2.31. The van der Waals surface area contributed by atoms with Crippen molar-refractivity contribution in [3.8, 4) is 0 Å². The van der Waals surface area contributed by atoms with Gasteiger partial charge < -0.3 is 19.4 Å². The average molecular weight is 479 g/mol. The summed E-state index contributed by atoms with van der Waals surface area (Å²) in [6.45, 7) is 7.62. The monoisotopic (exact) mass is 478 g/mol. The minimum atomic E-state index is -0.750. The third-order valence-corrected chi connectivity index (χ3v) is 5.43. The molecule has 1 N–H and O–H groups in total. The number of nitrogens with one attached hydrogen (secondary N) is 1. The van der Waals surface area contributed by atoms with E-state index in [-0.39, 0.29) is 30.5 Å². The molecule has 1 heterocycles. The van der Waals surface area contributed by atoms with Crippen molar-refractivity contribution in [3.05, 3.63) is 56.8 Å². The van der Waals surface area contributed by atoms with Crippen LogP contribution in [-0.2, 0) is 9.47 Å². The fraction of sp³-hybridized carbons (Fsp3) is 0.409. The molecule has 0 fully saturated rings. The zero-order chi connectivity index (χ0) is 22.4. The molecule has 30 heavy (non-hydrogen) atoms. The summed E-state index contributed by atoms with van der Waals surface area (Å²) in [5.41, 5.74) is 2.22. The number of esters is 1. The summed E-state index contributed by atoms with van der Waals surface area (Å²) in [6.07, 6.45) is 0. The van der Waals surface area contributed by atoms with E-state index in [1.807, 2.05) is 0 Å². The highest BCUT2D eigenvalue weighted by atomic mass is 79.9. The first-order chi connectivity index (χ1) is 14.2. The first-order valence-corrected chi connectivity index (χ1v) is 10.5. The van der Waals surface area contributed by atoms with Crippen LogP contribution < -0.4 is 0 Å². The number of aromatic amines is 1. The number of ketones is 1. The number of aryl methyl sites for hydroxylation is 1. The van der Waals surface area contributed by atoms with E-state index in [0.29, 0.717) is 29.0 Å². The lowest BCUT2D eigenvalue weighted by Gasteiger charge is -2.28. The van der Waals surface area contributed by atoms with Crippen LogP contribution in [0.15, 0.2) is 28.7 Å². The van der Waals surface area contributed by atoms with E-state index in [1.54, 1.807) is 59.1 Å². The fourth-order valence-corrected chi connectivity index (χ4v) is 3.56.